The molecule has 5 nitrogen and oxygen atoms in total. The largest absolute Gasteiger partial charge is 0.469 e. The van der Waals surface area contributed by atoms with Gasteiger partial charge in [-0.25, -0.2) is 0 Å². The zero-order valence-corrected chi connectivity index (χ0v) is 19.9. The Hall–Kier alpha value is -2.66. The van der Waals surface area contributed by atoms with Crippen molar-refractivity contribution < 1.29 is 14.3 Å². The van der Waals surface area contributed by atoms with Crippen LogP contribution in [0.1, 0.15) is 68.5 Å². The minimum absolute atomic E-state index is 0.105. The van der Waals surface area contributed by atoms with E-state index >= 15 is 0 Å². The lowest BCUT2D eigenvalue weighted by molar-refractivity contribution is -0.140. The summed E-state index contributed by atoms with van der Waals surface area (Å²) in [5.41, 5.74) is 2.61. The Kier molecular flexibility index (Phi) is 10.4. The summed E-state index contributed by atoms with van der Waals surface area (Å²) in [4.78, 5) is 26.3. The number of hydrogen-bond acceptors (Lipinski definition) is 4. The van der Waals surface area contributed by atoms with E-state index in [1.807, 2.05) is 0 Å². The van der Waals surface area contributed by atoms with Crippen LogP contribution in [0.4, 0.5) is 0 Å². The maximum absolute atomic E-state index is 12.7. The second kappa shape index (κ2) is 13.8. The molecule has 3 rings (SSSR count). The average molecular weight is 451 g/mol. The first kappa shape index (κ1) is 25.0. The maximum Gasteiger partial charge on any atom is 0.305 e. The van der Waals surface area contributed by atoms with Gasteiger partial charge in [0.1, 0.15) is 0 Å². The van der Waals surface area contributed by atoms with E-state index in [0.29, 0.717) is 6.42 Å². The summed E-state index contributed by atoms with van der Waals surface area (Å²) < 4.78 is 4.65. The van der Waals surface area contributed by atoms with Crippen molar-refractivity contribution in [2.75, 3.05) is 26.7 Å². The molecule has 1 amide bonds. The van der Waals surface area contributed by atoms with E-state index in [2.05, 4.69) is 75.6 Å². The Morgan fingerprint density at radius 2 is 1.42 bits per heavy atom. The average Bonchev–Trinajstić information content (AvgIpc) is 2.87. The minimum Gasteiger partial charge on any atom is -0.469 e. The summed E-state index contributed by atoms with van der Waals surface area (Å²) in [5.74, 6) is 0.178. The van der Waals surface area contributed by atoms with Crippen LogP contribution < -0.4 is 5.32 Å². The van der Waals surface area contributed by atoms with Gasteiger partial charge in [-0.2, -0.15) is 0 Å². The maximum atomic E-state index is 12.7. The Morgan fingerprint density at radius 3 is 2.00 bits per heavy atom. The fourth-order valence-corrected chi connectivity index (χ4v) is 4.69. The fraction of sp³-hybridized carbons (Fsp3) is 0.500. The van der Waals surface area contributed by atoms with Crippen LogP contribution in [0, 0.1) is 5.92 Å². The molecule has 0 spiro atoms. The van der Waals surface area contributed by atoms with Crippen molar-refractivity contribution in [2.24, 2.45) is 5.92 Å². The van der Waals surface area contributed by atoms with Crippen LogP contribution in [0.3, 0.4) is 0 Å². The monoisotopic (exact) mass is 450 g/mol. The van der Waals surface area contributed by atoms with Gasteiger partial charge in [0, 0.05) is 18.9 Å². The molecule has 1 N–H and O–H groups in total. The number of esters is 1. The number of methoxy groups -OCH3 is 1. The molecule has 1 aliphatic heterocycles. The zero-order valence-electron chi connectivity index (χ0n) is 19.9. The highest BCUT2D eigenvalue weighted by atomic mass is 16.5. The van der Waals surface area contributed by atoms with Gasteiger partial charge in [0.2, 0.25) is 5.91 Å². The summed E-state index contributed by atoms with van der Waals surface area (Å²) in [5, 5.41) is 3.15. The summed E-state index contributed by atoms with van der Waals surface area (Å²) in [6.45, 7) is 2.59. The van der Waals surface area contributed by atoms with Crippen molar-refractivity contribution in [1.82, 2.24) is 10.2 Å². The van der Waals surface area contributed by atoms with Crippen molar-refractivity contribution >= 4 is 11.9 Å². The van der Waals surface area contributed by atoms with Crippen molar-refractivity contribution in [3.8, 4) is 0 Å². The number of nitrogens with zero attached hydrogens (tertiary/aromatic N) is 1. The number of nitrogens with one attached hydrogen (secondary N) is 1. The minimum atomic E-state index is -0.132. The molecule has 0 aromatic heterocycles. The smallest absolute Gasteiger partial charge is 0.305 e. The van der Waals surface area contributed by atoms with E-state index in [1.54, 1.807) is 0 Å². The lowest BCUT2D eigenvalue weighted by Gasteiger charge is -2.37. The number of carbonyl (C=O) groups is 2. The number of likely N-dealkylation sites (tertiary alicyclic amines) is 1. The van der Waals surface area contributed by atoms with Crippen molar-refractivity contribution in [2.45, 2.75) is 57.4 Å². The van der Waals surface area contributed by atoms with Crippen molar-refractivity contribution in [3.63, 3.8) is 0 Å². The summed E-state index contributed by atoms with van der Waals surface area (Å²) in [6, 6.07) is 21.6. The van der Waals surface area contributed by atoms with Crippen LogP contribution in [0.5, 0.6) is 0 Å². The van der Waals surface area contributed by atoms with E-state index in [4.69, 9.17) is 0 Å². The highest BCUT2D eigenvalue weighted by molar-refractivity contribution is 5.78. The number of carbonyl (C=O) groups excluding carboxylic acids is 2. The van der Waals surface area contributed by atoms with E-state index in [0.717, 1.165) is 64.6 Å². The van der Waals surface area contributed by atoms with Crippen LogP contribution in [0.2, 0.25) is 0 Å². The lowest BCUT2D eigenvalue weighted by atomic mass is 9.91. The Morgan fingerprint density at radius 1 is 0.879 bits per heavy atom. The third-order valence-electron chi connectivity index (χ3n) is 6.58. The Balaban J connectivity index is 1.39. The van der Waals surface area contributed by atoms with Gasteiger partial charge in [0.25, 0.3) is 0 Å². The Labute approximate surface area is 198 Å². The van der Waals surface area contributed by atoms with E-state index in [-0.39, 0.29) is 23.8 Å². The number of benzene rings is 2. The predicted octanol–water partition coefficient (Wildman–Crippen LogP) is 5.12. The summed E-state index contributed by atoms with van der Waals surface area (Å²) >= 11 is 0. The molecule has 1 saturated heterocycles. The topological polar surface area (TPSA) is 58.6 Å². The van der Waals surface area contributed by atoms with Gasteiger partial charge in [-0.05, 0) is 49.9 Å². The fourth-order valence-electron chi connectivity index (χ4n) is 4.69. The first-order valence-corrected chi connectivity index (χ1v) is 12.4. The molecule has 0 bridgehead atoms. The summed E-state index contributed by atoms with van der Waals surface area (Å²) in [7, 11) is 1.43. The molecule has 1 fully saturated rings. The van der Waals surface area contributed by atoms with E-state index in [1.165, 1.54) is 18.2 Å². The third-order valence-corrected chi connectivity index (χ3v) is 6.58. The standard InChI is InChI=1S/C28H38N2O3/c1-33-26(31)17-11-3-2-4-12-20-29-28(32)25-18-21-30(22-19-25)27(23-13-7-5-8-14-23)24-15-9-6-10-16-24/h5-10,13-16,25,27H,2-4,11-12,17-22H2,1H3,(H,29,32). The molecule has 5 heteroatoms. The van der Waals surface area contributed by atoms with Crippen molar-refractivity contribution in [1.29, 1.82) is 0 Å². The second-order valence-corrected chi connectivity index (χ2v) is 8.92. The zero-order chi connectivity index (χ0) is 23.3. The van der Waals surface area contributed by atoms with Gasteiger partial charge in [-0.15, -0.1) is 0 Å². The first-order valence-electron chi connectivity index (χ1n) is 12.4. The summed E-state index contributed by atoms with van der Waals surface area (Å²) in [6.07, 6.45) is 7.37. The molecule has 0 unspecified atom stereocenters. The molecule has 0 atom stereocenters. The first-order chi connectivity index (χ1) is 16.2. The van der Waals surface area contributed by atoms with E-state index in [9.17, 15) is 9.59 Å². The molecule has 2 aromatic rings. The third kappa shape index (κ3) is 8.01. The van der Waals surface area contributed by atoms with Crippen LogP contribution in [-0.4, -0.2) is 43.5 Å². The highest BCUT2D eigenvalue weighted by Gasteiger charge is 2.30. The molecule has 0 radical (unpaired) electrons. The van der Waals surface area contributed by atoms with Gasteiger partial charge in [-0.3, -0.25) is 14.5 Å². The number of amides is 1. The molecular formula is C28H38N2O3. The van der Waals surface area contributed by atoms with Gasteiger partial charge >= 0.3 is 5.97 Å². The number of ether oxygens (including phenoxy) is 1. The van der Waals surface area contributed by atoms with Gasteiger partial charge in [0.05, 0.1) is 13.2 Å². The number of hydrogen-bond donors (Lipinski definition) is 1. The second-order valence-electron chi connectivity index (χ2n) is 8.92. The molecule has 0 aliphatic carbocycles. The lowest BCUT2D eigenvalue weighted by Crippen LogP contribution is -2.42. The van der Waals surface area contributed by atoms with Gasteiger partial charge in [-0.1, -0.05) is 79.9 Å². The molecule has 0 saturated carbocycles. The van der Waals surface area contributed by atoms with Crippen LogP contribution in [-0.2, 0) is 14.3 Å². The Bertz CT molecular complexity index is 793. The van der Waals surface area contributed by atoms with Gasteiger partial charge < -0.3 is 10.1 Å². The number of unbranched alkanes of at least 4 members (excludes halogenated alkanes) is 4. The van der Waals surface area contributed by atoms with Crippen LogP contribution in [0.15, 0.2) is 60.7 Å². The SMILES string of the molecule is COC(=O)CCCCCCCNC(=O)C1CCN(C(c2ccccc2)c2ccccc2)CC1. The molecule has 2 aromatic carbocycles. The molecular weight excluding hydrogens is 412 g/mol. The molecule has 1 aliphatic rings. The van der Waals surface area contributed by atoms with Gasteiger partial charge in [0.15, 0.2) is 0 Å². The number of rotatable bonds is 12. The molecule has 33 heavy (non-hydrogen) atoms. The van der Waals surface area contributed by atoms with Crippen molar-refractivity contribution in [3.05, 3.63) is 71.8 Å². The number of piperidine rings is 1. The quantitative estimate of drug-likeness (QED) is 0.360. The van der Waals surface area contributed by atoms with Crippen LogP contribution in [0.25, 0.3) is 0 Å². The van der Waals surface area contributed by atoms with Crippen LogP contribution >= 0.6 is 0 Å². The molecule has 1 heterocycles. The molecule has 178 valence electrons. The normalized spacial score (nSPS) is 14.8. The van der Waals surface area contributed by atoms with E-state index < -0.39 is 0 Å². The predicted molar refractivity (Wildman–Crippen MR) is 132 cm³/mol. The highest BCUT2D eigenvalue weighted by Crippen LogP contribution is 2.32.